The van der Waals surface area contributed by atoms with Crippen molar-refractivity contribution < 1.29 is 4.79 Å². The van der Waals surface area contributed by atoms with E-state index in [1.54, 1.807) is 0 Å². The standard InChI is InChI=1S/C14H29N3O/c1-6-10(2)17(5)11(3)9-14(4,13(15)18)16-12-7-8-12/h10-12,16H,6-9H2,1-5H3,(H2,15,18). The second-order valence-corrected chi connectivity index (χ2v) is 6.09. The van der Waals surface area contributed by atoms with Gasteiger partial charge >= 0.3 is 0 Å². The van der Waals surface area contributed by atoms with Crippen molar-refractivity contribution in [2.24, 2.45) is 5.73 Å². The summed E-state index contributed by atoms with van der Waals surface area (Å²) in [5, 5.41) is 3.41. The Morgan fingerprint density at radius 2 is 2.00 bits per heavy atom. The number of hydrogen-bond acceptors (Lipinski definition) is 3. The molecule has 0 aliphatic heterocycles. The molecule has 3 N–H and O–H groups in total. The first kappa shape index (κ1) is 15.4. The average molecular weight is 255 g/mol. The van der Waals surface area contributed by atoms with Crippen molar-refractivity contribution in [3.05, 3.63) is 0 Å². The summed E-state index contributed by atoms with van der Waals surface area (Å²) >= 11 is 0. The van der Waals surface area contributed by atoms with Crippen molar-refractivity contribution in [2.75, 3.05) is 7.05 Å². The first-order valence-corrected chi connectivity index (χ1v) is 7.09. The quantitative estimate of drug-likeness (QED) is 0.691. The lowest BCUT2D eigenvalue weighted by atomic mass is 9.91. The van der Waals surface area contributed by atoms with Gasteiger partial charge in [0.1, 0.15) is 0 Å². The molecule has 3 atom stereocenters. The second-order valence-electron chi connectivity index (χ2n) is 6.09. The minimum atomic E-state index is -0.581. The van der Waals surface area contributed by atoms with Gasteiger partial charge in [0.15, 0.2) is 0 Å². The molecule has 1 rings (SSSR count). The van der Waals surface area contributed by atoms with Gasteiger partial charge in [-0.25, -0.2) is 0 Å². The van der Waals surface area contributed by atoms with E-state index in [2.05, 4.69) is 38.0 Å². The zero-order chi connectivity index (χ0) is 13.9. The van der Waals surface area contributed by atoms with E-state index < -0.39 is 5.54 Å². The highest BCUT2D eigenvalue weighted by Gasteiger charge is 2.38. The Labute approximate surface area is 111 Å². The van der Waals surface area contributed by atoms with Crippen molar-refractivity contribution in [1.82, 2.24) is 10.2 Å². The molecule has 0 saturated heterocycles. The van der Waals surface area contributed by atoms with Gasteiger partial charge in [-0.3, -0.25) is 4.79 Å². The van der Waals surface area contributed by atoms with Crippen LogP contribution in [0.3, 0.4) is 0 Å². The molecule has 0 heterocycles. The summed E-state index contributed by atoms with van der Waals surface area (Å²) < 4.78 is 0. The summed E-state index contributed by atoms with van der Waals surface area (Å²) in [6.07, 6.45) is 4.21. The van der Waals surface area contributed by atoms with Gasteiger partial charge in [-0.05, 0) is 53.5 Å². The van der Waals surface area contributed by atoms with Gasteiger partial charge in [-0.2, -0.15) is 0 Å². The Bertz CT molecular complexity index is 291. The molecule has 0 bridgehead atoms. The number of hydrogen-bond donors (Lipinski definition) is 2. The smallest absolute Gasteiger partial charge is 0.237 e. The third-order valence-corrected chi connectivity index (χ3v) is 4.33. The van der Waals surface area contributed by atoms with E-state index in [1.807, 2.05) is 6.92 Å². The first-order valence-electron chi connectivity index (χ1n) is 7.09. The summed E-state index contributed by atoms with van der Waals surface area (Å²) in [4.78, 5) is 14.1. The molecule has 0 spiro atoms. The molecule has 1 aliphatic rings. The van der Waals surface area contributed by atoms with Gasteiger partial charge in [-0.1, -0.05) is 6.92 Å². The zero-order valence-corrected chi connectivity index (χ0v) is 12.5. The number of amides is 1. The Hall–Kier alpha value is -0.610. The number of rotatable bonds is 8. The molecule has 0 aromatic carbocycles. The van der Waals surface area contributed by atoms with E-state index in [0.29, 0.717) is 18.1 Å². The largest absolute Gasteiger partial charge is 0.368 e. The number of nitrogens with one attached hydrogen (secondary N) is 1. The topological polar surface area (TPSA) is 58.4 Å². The molecular formula is C14H29N3O. The lowest BCUT2D eigenvalue weighted by Gasteiger charge is -2.36. The minimum absolute atomic E-state index is 0.237. The fraction of sp³-hybridized carbons (Fsp3) is 0.929. The molecule has 3 unspecified atom stereocenters. The molecule has 1 amide bonds. The third-order valence-electron chi connectivity index (χ3n) is 4.33. The maximum Gasteiger partial charge on any atom is 0.237 e. The van der Waals surface area contributed by atoms with Crippen LogP contribution in [0.15, 0.2) is 0 Å². The molecule has 0 aromatic rings. The summed E-state index contributed by atoms with van der Waals surface area (Å²) in [6.45, 7) is 8.51. The number of nitrogens with two attached hydrogens (primary N) is 1. The van der Waals surface area contributed by atoms with Gasteiger partial charge in [0.25, 0.3) is 0 Å². The molecule has 18 heavy (non-hydrogen) atoms. The maximum absolute atomic E-state index is 11.7. The van der Waals surface area contributed by atoms with Crippen LogP contribution in [-0.2, 0) is 4.79 Å². The Morgan fingerprint density at radius 3 is 2.39 bits per heavy atom. The van der Waals surface area contributed by atoms with Crippen molar-refractivity contribution >= 4 is 5.91 Å². The zero-order valence-electron chi connectivity index (χ0n) is 12.5. The van der Waals surface area contributed by atoms with Crippen LogP contribution in [0, 0.1) is 0 Å². The highest BCUT2D eigenvalue weighted by Crippen LogP contribution is 2.26. The highest BCUT2D eigenvalue weighted by atomic mass is 16.1. The summed E-state index contributed by atoms with van der Waals surface area (Å²) in [7, 11) is 2.12. The summed E-state index contributed by atoms with van der Waals surface area (Å²) in [5.41, 5.74) is 5.00. The van der Waals surface area contributed by atoms with Gasteiger partial charge in [0.2, 0.25) is 5.91 Å². The van der Waals surface area contributed by atoms with Crippen molar-refractivity contribution in [3.63, 3.8) is 0 Å². The van der Waals surface area contributed by atoms with Crippen LogP contribution in [0.1, 0.15) is 53.4 Å². The van der Waals surface area contributed by atoms with Crippen molar-refractivity contribution in [3.8, 4) is 0 Å². The van der Waals surface area contributed by atoms with E-state index >= 15 is 0 Å². The number of nitrogens with zero attached hydrogens (tertiary/aromatic N) is 1. The van der Waals surface area contributed by atoms with Crippen LogP contribution >= 0.6 is 0 Å². The van der Waals surface area contributed by atoms with Gasteiger partial charge in [0.05, 0.1) is 5.54 Å². The van der Waals surface area contributed by atoms with Gasteiger partial charge in [0, 0.05) is 18.1 Å². The Kier molecular flexibility index (Phi) is 5.17. The predicted octanol–water partition coefficient (Wildman–Crippen LogP) is 1.49. The van der Waals surface area contributed by atoms with E-state index in [0.717, 1.165) is 12.8 Å². The van der Waals surface area contributed by atoms with Crippen LogP contribution in [0.4, 0.5) is 0 Å². The predicted molar refractivity (Wildman–Crippen MR) is 75.4 cm³/mol. The van der Waals surface area contributed by atoms with Crippen LogP contribution in [0.25, 0.3) is 0 Å². The fourth-order valence-electron chi connectivity index (χ4n) is 2.37. The van der Waals surface area contributed by atoms with E-state index in [-0.39, 0.29) is 5.91 Å². The SMILES string of the molecule is CCC(C)N(C)C(C)CC(C)(NC1CC1)C(N)=O. The van der Waals surface area contributed by atoms with Crippen molar-refractivity contribution in [1.29, 1.82) is 0 Å². The molecule has 4 nitrogen and oxygen atoms in total. The molecule has 1 aliphatic carbocycles. The lowest BCUT2D eigenvalue weighted by Crippen LogP contribution is -2.57. The molecule has 1 saturated carbocycles. The normalized spacial score (nSPS) is 22.6. The average Bonchev–Trinajstić information content (AvgIpc) is 3.10. The fourth-order valence-corrected chi connectivity index (χ4v) is 2.37. The van der Waals surface area contributed by atoms with Gasteiger partial charge in [-0.15, -0.1) is 0 Å². The Morgan fingerprint density at radius 1 is 1.44 bits per heavy atom. The second kappa shape index (κ2) is 6.02. The molecule has 4 heteroatoms. The van der Waals surface area contributed by atoms with E-state index in [9.17, 15) is 4.79 Å². The van der Waals surface area contributed by atoms with Crippen LogP contribution in [-0.4, -0.2) is 41.5 Å². The molecule has 106 valence electrons. The molecule has 0 radical (unpaired) electrons. The number of primary amides is 1. The summed E-state index contributed by atoms with van der Waals surface area (Å²) in [6, 6.07) is 1.35. The third kappa shape index (κ3) is 3.95. The minimum Gasteiger partial charge on any atom is -0.368 e. The van der Waals surface area contributed by atoms with Crippen LogP contribution in [0.2, 0.25) is 0 Å². The van der Waals surface area contributed by atoms with Gasteiger partial charge < -0.3 is 16.0 Å². The number of carbonyl (C=O) groups is 1. The molecule has 1 fully saturated rings. The van der Waals surface area contributed by atoms with E-state index in [1.165, 1.54) is 12.8 Å². The summed E-state index contributed by atoms with van der Waals surface area (Å²) in [5.74, 6) is -0.237. The van der Waals surface area contributed by atoms with E-state index in [4.69, 9.17) is 5.73 Å². The Balaban J connectivity index is 2.61. The number of carbonyl (C=O) groups excluding carboxylic acids is 1. The van der Waals surface area contributed by atoms with Crippen LogP contribution < -0.4 is 11.1 Å². The molecular weight excluding hydrogens is 226 g/mol. The van der Waals surface area contributed by atoms with Crippen LogP contribution in [0.5, 0.6) is 0 Å². The maximum atomic E-state index is 11.7. The molecule has 0 aromatic heterocycles. The monoisotopic (exact) mass is 255 g/mol. The van der Waals surface area contributed by atoms with Crippen molar-refractivity contribution in [2.45, 2.75) is 77.0 Å². The first-order chi connectivity index (χ1) is 8.30. The highest BCUT2D eigenvalue weighted by molar-refractivity contribution is 5.84. The lowest BCUT2D eigenvalue weighted by molar-refractivity contribution is -0.124.